The summed E-state index contributed by atoms with van der Waals surface area (Å²) in [4.78, 5) is 13.1. The van der Waals surface area contributed by atoms with Gasteiger partial charge in [0.25, 0.3) is 12.1 Å². The predicted molar refractivity (Wildman–Crippen MR) is 45.3 cm³/mol. The molecule has 0 unspecified atom stereocenters. The Morgan fingerprint density at radius 3 is 2.67 bits per heavy atom. The van der Waals surface area contributed by atoms with Gasteiger partial charge in [-0.1, -0.05) is 0 Å². The topological polar surface area (TPSA) is 79.8 Å². The number of halogens is 2. The molecule has 1 rings (SSSR count). The summed E-state index contributed by atoms with van der Waals surface area (Å²) in [5.41, 5.74) is -2.05. The van der Waals surface area contributed by atoms with E-state index in [4.69, 9.17) is 5.26 Å². The molecule has 78 valence electrons. The van der Waals surface area contributed by atoms with Crippen LogP contribution < -0.4 is 0 Å². The Bertz CT molecular complexity index is 454. The van der Waals surface area contributed by atoms with Crippen molar-refractivity contribution in [1.29, 1.82) is 5.26 Å². The number of hydrogen-bond acceptors (Lipinski definition) is 4. The Morgan fingerprint density at radius 2 is 2.27 bits per heavy atom. The average Bonchev–Trinajstić information content (AvgIpc) is 2.16. The second-order valence-electron chi connectivity index (χ2n) is 2.69. The normalized spacial score (nSPS) is 10.1. The van der Waals surface area contributed by atoms with Crippen LogP contribution in [0.5, 0.6) is 0 Å². The van der Waals surface area contributed by atoms with Crippen LogP contribution in [0.4, 0.5) is 14.5 Å². The molecule has 0 bridgehead atoms. The number of alkyl halides is 2. The minimum Gasteiger partial charge on any atom is -0.259 e. The minimum atomic E-state index is -3.02. The Hall–Kier alpha value is -2.10. The van der Waals surface area contributed by atoms with Gasteiger partial charge in [0.2, 0.25) is 0 Å². The van der Waals surface area contributed by atoms with E-state index in [1.807, 2.05) is 0 Å². The quantitative estimate of drug-likeness (QED) is 0.556. The zero-order valence-corrected chi connectivity index (χ0v) is 7.57. The Morgan fingerprint density at radius 1 is 1.67 bits per heavy atom. The maximum absolute atomic E-state index is 12.4. The van der Waals surface area contributed by atoms with Crippen molar-refractivity contribution >= 4 is 5.69 Å². The molecule has 0 saturated heterocycles. The molecule has 0 amide bonds. The van der Waals surface area contributed by atoms with Crippen LogP contribution in [0.2, 0.25) is 0 Å². The first kappa shape index (κ1) is 11.0. The average molecular weight is 213 g/mol. The lowest BCUT2D eigenvalue weighted by Crippen LogP contribution is -2.03. The molecule has 1 heterocycles. The molecule has 0 spiro atoms. The summed E-state index contributed by atoms with van der Waals surface area (Å²) in [6.07, 6.45) is -2.30. The molecule has 1 aromatic heterocycles. The Balaban J connectivity index is 3.58. The lowest BCUT2D eigenvalue weighted by atomic mass is 10.1. The van der Waals surface area contributed by atoms with E-state index in [0.29, 0.717) is 0 Å². The van der Waals surface area contributed by atoms with Gasteiger partial charge in [-0.3, -0.25) is 15.1 Å². The van der Waals surface area contributed by atoms with Crippen LogP contribution >= 0.6 is 0 Å². The summed E-state index contributed by atoms with van der Waals surface area (Å²) in [5.74, 6) is 0. The van der Waals surface area contributed by atoms with E-state index in [1.165, 1.54) is 13.0 Å². The highest BCUT2D eigenvalue weighted by Crippen LogP contribution is 2.31. The molecular formula is C8H5F2N3O2. The maximum Gasteiger partial charge on any atom is 0.299 e. The number of aromatic nitrogens is 1. The summed E-state index contributed by atoms with van der Waals surface area (Å²) in [6.45, 7) is 1.35. The van der Waals surface area contributed by atoms with Gasteiger partial charge in [0.05, 0.1) is 10.6 Å². The summed E-state index contributed by atoms with van der Waals surface area (Å²) in [5, 5.41) is 19.2. The van der Waals surface area contributed by atoms with Crippen molar-refractivity contribution in [2.24, 2.45) is 0 Å². The second kappa shape index (κ2) is 3.96. The fraction of sp³-hybridized carbons (Fsp3) is 0.250. The minimum absolute atomic E-state index is 0.0635. The largest absolute Gasteiger partial charge is 0.299 e. The number of nitro groups is 1. The molecule has 0 aliphatic rings. The number of rotatable bonds is 2. The molecule has 0 aliphatic heterocycles. The van der Waals surface area contributed by atoms with Crippen molar-refractivity contribution in [3.05, 3.63) is 33.1 Å². The lowest BCUT2D eigenvalue weighted by molar-refractivity contribution is -0.386. The fourth-order valence-corrected chi connectivity index (χ4v) is 1.10. The molecule has 7 heteroatoms. The van der Waals surface area contributed by atoms with Crippen LogP contribution in [0.3, 0.4) is 0 Å². The molecule has 0 aliphatic carbocycles. The van der Waals surface area contributed by atoms with E-state index in [2.05, 4.69) is 4.98 Å². The predicted octanol–water partition coefficient (Wildman–Crippen LogP) is 2.11. The van der Waals surface area contributed by atoms with Gasteiger partial charge in [-0.25, -0.2) is 8.78 Å². The van der Waals surface area contributed by atoms with Crippen LogP contribution in [0.1, 0.15) is 23.2 Å². The van der Waals surface area contributed by atoms with Gasteiger partial charge in [-0.15, -0.1) is 0 Å². The van der Waals surface area contributed by atoms with Crippen molar-refractivity contribution in [2.45, 2.75) is 13.3 Å². The number of nitrogens with zero attached hydrogens (tertiary/aromatic N) is 3. The number of pyridine rings is 1. The summed E-state index contributed by atoms with van der Waals surface area (Å²) >= 11 is 0. The summed E-state index contributed by atoms with van der Waals surface area (Å²) < 4.78 is 24.8. The van der Waals surface area contributed by atoms with Gasteiger partial charge in [-0.05, 0) is 6.92 Å². The standard InChI is InChI=1S/C8H5F2N3O2/c1-4-5(2-11)7(13(14)15)6(3-12-4)8(9)10/h3,8H,1H3. The van der Waals surface area contributed by atoms with Crippen molar-refractivity contribution < 1.29 is 13.7 Å². The molecule has 1 aromatic rings. The number of hydrogen-bond donors (Lipinski definition) is 0. The smallest absolute Gasteiger partial charge is 0.259 e. The molecule has 0 radical (unpaired) electrons. The number of aryl methyl sites for hydroxylation is 1. The van der Waals surface area contributed by atoms with Crippen LogP contribution in [0.15, 0.2) is 6.20 Å². The third-order valence-electron chi connectivity index (χ3n) is 1.80. The zero-order valence-electron chi connectivity index (χ0n) is 7.57. The second-order valence-corrected chi connectivity index (χ2v) is 2.69. The molecule has 0 aromatic carbocycles. The monoisotopic (exact) mass is 213 g/mol. The highest BCUT2D eigenvalue weighted by atomic mass is 19.3. The van der Waals surface area contributed by atoms with Gasteiger partial charge in [0.15, 0.2) is 5.56 Å². The van der Waals surface area contributed by atoms with E-state index < -0.39 is 28.2 Å². The fourth-order valence-electron chi connectivity index (χ4n) is 1.10. The number of nitriles is 1. The van der Waals surface area contributed by atoms with Crippen LogP contribution in [-0.4, -0.2) is 9.91 Å². The van der Waals surface area contributed by atoms with E-state index in [-0.39, 0.29) is 5.69 Å². The van der Waals surface area contributed by atoms with Crippen LogP contribution in [-0.2, 0) is 0 Å². The molecule has 15 heavy (non-hydrogen) atoms. The van der Waals surface area contributed by atoms with Gasteiger partial charge in [-0.2, -0.15) is 5.26 Å². The van der Waals surface area contributed by atoms with Gasteiger partial charge in [0, 0.05) is 6.20 Å². The van der Waals surface area contributed by atoms with Crippen molar-refractivity contribution in [2.75, 3.05) is 0 Å². The lowest BCUT2D eigenvalue weighted by Gasteiger charge is -2.03. The zero-order chi connectivity index (χ0) is 11.6. The van der Waals surface area contributed by atoms with Crippen LogP contribution in [0, 0.1) is 28.4 Å². The van der Waals surface area contributed by atoms with Gasteiger partial charge < -0.3 is 0 Å². The summed E-state index contributed by atoms with van der Waals surface area (Å²) in [6, 6.07) is 1.50. The van der Waals surface area contributed by atoms with Gasteiger partial charge >= 0.3 is 0 Å². The first-order chi connectivity index (χ1) is 6.99. The van der Waals surface area contributed by atoms with Crippen molar-refractivity contribution in [3.63, 3.8) is 0 Å². The van der Waals surface area contributed by atoms with E-state index in [9.17, 15) is 18.9 Å². The van der Waals surface area contributed by atoms with Crippen molar-refractivity contribution in [1.82, 2.24) is 4.98 Å². The summed E-state index contributed by atoms with van der Waals surface area (Å²) in [7, 11) is 0. The molecule has 5 nitrogen and oxygen atoms in total. The molecule has 0 N–H and O–H groups in total. The Kier molecular flexibility index (Phi) is 2.90. The van der Waals surface area contributed by atoms with E-state index >= 15 is 0 Å². The molecule has 0 atom stereocenters. The van der Waals surface area contributed by atoms with Crippen LogP contribution in [0.25, 0.3) is 0 Å². The van der Waals surface area contributed by atoms with Crippen molar-refractivity contribution in [3.8, 4) is 6.07 Å². The van der Waals surface area contributed by atoms with Gasteiger partial charge in [0.1, 0.15) is 11.6 Å². The Labute approximate surface area is 83.1 Å². The first-order valence-electron chi connectivity index (χ1n) is 3.81. The molecular weight excluding hydrogens is 208 g/mol. The van der Waals surface area contributed by atoms with E-state index in [1.54, 1.807) is 0 Å². The highest BCUT2D eigenvalue weighted by molar-refractivity contribution is 5.55. The third-order valence-corrected chi connectivity index (χ3v) is 1.80. The molecule has 0 fully saturated rings. The van der Waals surface area contributed by atoms with E-state index in [0.717, 1.165) is 6.20 Å². The SMILES string of the molecule is Cc1ncc(C(F)F)c([N+](=O)[O-])c1C#N. The third kappa shape index (κ3) is 1.88. The molecule has 0 saturated carbocycles. The highest BCUT2D eigenvalue weighted by Gasteiger charge is 2.27. The maximum atomic E-state index is 12.4. The first-order valence-corrected chi connectivity index (χ1v) is 3.81.